The third-order valence-electron chi connectivity index (χ3n) is 4.78. The van der Waals surface area contributed by atoms with E-state index in [1.165, 1.54) is 12.8 Å². The largest absolute Gasteiger partial charge is 0.348 e. The number of rotatable bonds is 4. The van der Waals surface area contributed by atoms with Crippen LogP contribution in [-0.4, -0.2) is 51.2 Å². The van der Waals surface area contributed by atoms with E-state index < -0.39 is 0 Å². The minimum Gasteiger partial charge on any atom is -0.348 e. The van der Waals surface area contributed by atoms with E-state index in [9.17, 15) is 4.79 Å². The molecule has 0 spiro atoms. The molecule has 2 aromatic rings. The number of hydrogen-bond donors (Lipinski definition) is 1. The van der Waals surface area contributed by atoms with E-state index in [-0.39, 0.29) is 11.9 Å². The fourth-order valence-corrected chi connectivity index (χ4v) is 3.62. The van der Waals surface area contributed by atoms with Crippen LogP contribution in [0.3, 0.4) is 0 Å². The van der Waals surface area contributed by atoms with Gasteiger partial charge in [-0.2, -0.15) is 5.10 Å². The molecule has 24 heavy (non-hydrogen) atoms. The fourth-order valence-electron chi connectivity index (χ4n) is 3.62. The summed E-state index contributed by atoms with van der Waals surface area (Å²) in [5.41, 5.74) is 2.29. The van der Waals surface area contributed by atoms with Crippen molar-refractivity contribution in [2.45, 2.75) is 39.7 Å². The van der Waals surface area contributed by atoms with Gasteiger partial charge in [0.25, 0.3) is 5.91 Å². The van der Waals surface area contributed by atoms with Gasteiger partial charge in [0, 0.05) is 37.8 Å². The van der Waals surface area contributed by atoms with E-state index in [1.807, 2.05) is 20.0 Å². The predicted molar refractivity (Wildman–Crippen MR) is 95.0 cm³/mol. The summed E-state index contributed by atoms with van der Waals surface area (Å²) in [6.07, 6.45) is 4.20. The van der Waals surface area contributed by atoms with Crippen LogP contribution in [0.4, 0.5) is 0 Å². The molecule has 0 radical (unpaired) electrons. The molecule has 2 aromatic heterocycles. The van der Waals surface area contributed by atoms with Crippen molar-refractivity contribution in [3.63, 3.8) is 0 Å². The molecule has 2 atom stereocenters. The number of aromatic nitrogens is 3. The Morgan fingerprint density at radius 2 is 2.29 bits per heavy atom. The van der Waals surface area contributed by atoms with E-state index in [2.05, 4.69) is 34.1 Å². The Hall–Kier alpha value is -1.95. The zero-order valence-electron chi connectivity index (χ0n) is 15.0. The minimum atomic E-state index is -0.0646. The molecular formula is C18H27N5O. The van der Waals surface area contributed by atoms with Crippen LogP contribution in [-0.2, 0) is 7.05 Å². The molecule has 6 nitrogen and oxygen atoms in total. The lowest BCUT2D eigenvalue weighted by molar-refractivity contribution is 0.0920. The molecule has 1 aliphatic rings. The zero-order valence-corrected chi connectivity index (χ0v) is 15.0. The quantitative estimate of drug-likeness (QED) is 0.933. The van der Waals surface area contributed by atoms with Crippen molar-refractivity contribution in [2.24, 2.45) is 13.0 Å². The molecule has 1 saturated heterocycles. The number of aryl methyl sites for hydroxylation is 2. The fraction of sp³-hybridized carbons (Fsp3) is 0.611. The summed E-state index contributed by atoms with van der Waals surface area (Å²) in [5, 5.41) is 8.39. The lowest BCUT2D eigenvalue weighted by atomic mass is 10.00. The van der Waals surface area contributed by atoms with Gasteiger partial charge in [0.05, 0.1) is 11.3 Å². The van der Waals surface area contributed by atoms with Crippen LogP contribution in [0.5, 0.6) is 0 Å². The van der Waals surface area contributed by atoms with Gasteiger partial charge in [-0.1, -0.05) is 6.92 Å². The molecule has 0 saturated carbocycles. The summed E-state index contributed by atoms with van der Waals surface area (Å²) in [6, 6.07) is 2.00. The van der Waals surface area contributed by atoms with E-state index in [0.29, 0.717) is 5.56 Å². The smallest absolute Gasteiger partial charge is 0.253 e. The van der Waals surface area contributed by atoms with Crippen LogP contribution in [0.25, 0.3) is 11.0 Å². The first kappa shape index (κ1) is 16.9. The zero-order chi connectivity index (χ0) is 17.3. The van der Waals surface area contributed by atoms with Gasteiger partial charge in [-0.05, 0) is 45.2 Å². The van der Waals surface area contributed by atoms with Crippen LogP contribution in [0.1, 0.15) is 42.7 Å². The Bertz CT molecular complexity index is 738. The molecule has 3 heterocycles. The second-order valence-corrected chi connectivity index (χ2v) is 7.19. The first-order chi connectivity index (χ1) is 11.4. The number of carbonyl (C=O) groups is 1. The molecular weight excluding hydrogens is 302 g/mol. The summed E-state index contributed by atoms with van der Waals surface area (Å²) in [5.74, 6) is 0.687. The lowest BCUT2D eigenvalue weighted by Gasteiger charge is -2.32. The highest BCUT2D eigenvalue weighted by Gasteiger charge is 2.19. The molecule has 0 bridgehead atoms. The maximum Gasteiger partial charge on any atom is 0.253 e. The minimum absolute atomic E-state index is 0.0646. The van der Waals surface area contributed by atoms with E-state index in [0.717, 1.165) is 42.3 Å². The molecule has 6 heteroatoms. The molecule has 0 unspecified atom stereocenters. The van der Waals surface area contributed by atoms with Gasteiger partial charge in [-0.15, -0.1) is 0 Å². The number of nitrogens with one attached hydrogen (secondary N) is 1. The maximum atomic E-state index is 12.5. The first-order valence-electron chi connectivity index (χ1n) is 8.76. The van der Waals surface area contributed by atoms with Crippen molar-refractivity contribution >= 4 is 16.9 Å². The highest BCUT2D eigenvalue weighted by atomic mass is 16.1. The number of likely N-dealkylation sites (tertiary alicyclic amines) is 1. The summed E-state index contributed by atoms with van der Waals surface area (Å²) >= 11 is 0. The standard InChI is InChI=1S/C18H27N5O/c1-12-6-5-7-23(10-12)11-13(2)20-18(24)15-8-16-14(3)21-22(4)17(16)19-9-15/h8-9,12-13H,5-7,10-11H2,1-4H3,(H,20,24)/t12-,13+/m0/s1. The molecule has 1 N–H and O–H groups in total. The van der Waals surface area contributed by atoms with Crippen LogP contribution >= 0.6 is 0 Å². The predicted octanol–water partition coefficient (Wildman–Crippen LogP) is 2.13. The number of fused-ring (bicyclic) bond motifs is 1. The van der Waals surface area contributed by atoms with Gasteiger partial charge in [0.2, 0.25) is 0 Å². The Balaban J connectivity index is 1.64. The van der Waals surface area contributed by atoms with Gasteiger partial charge in [-0.25, -0.2) is 4.98 Å². The average molecular weight is 329 g/mol. The van der Waals surface area contributed by atoms with Gasteiger partial charge < -0.3 is 10.2 Å². The Morgan fingerprint density at radius 1 is 1.50 bits per heavy atom. The molecule has 130 valence electrons. The lowest BCUT2D eigenvalue weighted by Crippen LogP contribution is -2.45. The summed E-state index contributed by atoms with van der Waals surface area (Å²) in [4.78, 5) is 19.4. The summed E-state index contributed by atoms with van der Waals surface area (Å²) in [6.45, 7) is 9.46. The summed E-state index contributed by atoms with van der Waals surface area (Å²) < 4.78 is 1.74. The van der Waals surface area contributed by atoms with Gasteiger partial charge >= 0.3 is 0 Å². The van der Waals surface area contributed by atoms with Crippen molar-refractivity contribution in [2.75, 3.05) is 19.6 Å². The van der Waals surface area contributed by atoms with Crippen molar-refractivity contribution in [1.29, 1.82) is 0 Å². The highest BCUT2D eigenvalue weighted by molar-refractivity contribution is 5.97. The molecule has 1 fully saturated rings. The second kappa shape index (κ2) is 6.89. The van der Waals surface area contributed by atoms with E-state index in [1.54, 1.807) is 10.9 Å². The summed E-state index contributed by atoms with van der Waals surface area (Å²) in [7, 11) is 1.86. The van der Waals surface area contributed by atoms with Crippen LogP contribution in [0.15, 0.2) is 12.3 Å². The number of amides is 1. The Morgan fingerprint density at radius 3 is 3.04 bits per heavy atom. The highest BCUT2D eigenvalue weighted by Crippen LogP contribution is 2.17. The van der Waals surface area contributed by atoms with Crippen molar-refractivity contribution in [3.8, 4) is 0 Å². The van der Waals surface area contributed by atoms with Crippen LogP contribution in [0.2, 0.25) is 0 Å². The number of piperidine rings is 1. The van der Waals surface area contributed by atoms with Gasteiger partial charge in [0.1, 0.15) is 0 Å². The maximum absolute atomic E-state index is 12.5. The van der Waals surface area contributed by atoms with Crippen molar-refractivity contribution in [3.05, 3.63) is 23.5 Å². The molecule has 1 amide bonds. The van der Waals surface area contributed by atoms with Gasteiger partial charge in [-0.3, -0.25) is 9.48 Å². The van der Waals surface area contributed by atoms with Crippen LogP contribution < -0.4 is 5.32 Å². The van der Waals surface area contributed by atoms with E-state index >= 15 is 0 Å². The third kappa shape index (κ3) is 3.59. The number of pyridine rings is 1. The second-order valence-electron chi connectivity index (χ2n) is 7.19. The number of carbonyl (C=O) groups excluding carboxylic acids is 1. The number of nitrogens with zero attached hydrogens (tertiary/aromatic N) is 4. The van der Waals surface area contributed by atoms with Gasteiger partial charge in [0.15, 0.2) is 5.65 Å². The Kier molecular flexibility index (Phi) is 4.85. The average Bonchev–Trinajstić information content (AvgIpc) is 2.81. The first-order valence-corrected chi connectivity index (χ1v) is 8.76. The number of hydrogen-bond acceptors (Lipinski definition) is 4. The molecule has 0 aliphatic carbocycles. The molecule has 1 aliphatic heterocycles. The van der Waals surface area contributed by atoms with Crippen molar-refractivity contribution < 1.29 is 4.79 Å². The normalized spacial score (nSPS) is 20.2. The third-order valence-corrected chi connectivity index (χ3v) is 4.78. The van der Waals surface area contributed by atoms with E-state index in [4.69, 9.17) is 0 Å². The van der Waals surface area contributed by atoms with Crippen molar-refractivity contribution in [1.82, 2.24) is 25.0 Å². The van der Waals surface area contributed by atoms with Crippen LogP contribution in [0, 0.1) is 12.8 Å². The monoisotopic (exact) mass is 329 g/mol. The Labute approximate surface area is 143 Å². The molecule has 0 aromatic carbocycles. The SMILES string of the molecule is Cc1nn(C)c2ncc(C(=O)N[C@H](C)CN3CCC[C@H](C)C3)cc12. The molecule has 3 rings (SSSR count). The topological polar surface area (TPSA) is 63.1 Å².